The van der Waals surface area contributed by atoms with Gasteiger partial charge in [-0.15, -0.1) is 0 Å². The molecule has 192 valence electrons. The molecule has 2 atom stereocenters. The minimum absolute atomic E-state index is 0.0298. The van der Waals surface area contributed by atoms with Gasteiger partial charge in [-0.2, -0.15) is 13.2 Å². The quantitative estimate of drug-likeness (QED) is 0.270. The maximum atomic E-state index is 13.2. The molecule has 1 aliphatic carbocycles. The van der Waals surface area contributed by atoms with Gasteiger partial charge in [0.25, 0.3) is 5.91 Å². The number of fused-ring (bicyclic) bond motifs is 1. The van der Waals surface area contributed by atoms with Gasteiger partial charge in [0.15, 0.2) is 5.65 Å². The number of rotatable bonds is 7. The van der Waals surface area contributed by atoms with Crippen LogP contribution in [0.3, 0.4) is 0 Å². The number of anilines is 1. The predicted octanol–water partition coefficient (Wildman–Crippen LogP) is 5.89. The number of pyridine rings is 1. The van der Waals surface area contributed by atoms with Gasteiger partial charge in [-0.05, 0) is 36.8 Å². The lowest BCUT2D eigenvalue weighted by Crippen LogP contribution is -2.27. The predicted molar refractivity (Wildman–Crippen MR) is 132 cm³/mol. The number of hydrogen-bond acceptors (Lipinski definition) is 4. The van der Waals surface area contributed by atoms with Gasteiger partial charge in [0.05, 0.1) is 30.0 Å². The molecule has 2 aromatic carbocycles. The lowest BCUT2D eigenvalue weighted by Gasteiger charge is -2.14. The van der Waals surface area contributed by atoms with Crippen molar-refractivity contribution in [1.29, 1.82) is 0 Å². The van der Waals surface area contributed by atoms with Crippen molar-refractivity contribution in [3.05, 3.63) is 72.1 Å². The average molecular weight is 513 g/mol. The highest BCUT2D eigenvalue weighted by molar-refractivity contribution is 5.96. The smallest absolute Gasteiger partial charge is 0.390 e. The highest BCUT2D eigenvalue weighted by Crippen LogP contribution is 2.35. The largest absolute Gasteiger partial charge is 0.507 e. The number of phenolic OH excluding ortho intramolecular Hbond substituents is 1. The Morgan fingerprint density at radius 1 is 1.16 bits per heavy atom. The Hall–Kier alpha value is -4.08. The summed E-state index contributed by atoms with van der Waals surface area (Å²) in [5.74, 6) is -0.313. The average Bonchev–Trinajstić information content (AvgIpc) is 3.35. The van der Waals surface area contributed by atoms with E-state index in [0.29, 0.717) is 45.7 Å². The minimum atomic E-state index is -4.31. The van der Waals surface area contributed by atoms with Gasteiger partial charge in [0, 0.05) is 41.4 Å². The number of amides is 1. The van der Waals surface area contributed by atoms with Crippen molar-refractivity contribution < 1.29 is 27.5 Å². The van der Waals surface area contributed by atoms with E-state index in [9.17, 15) is 27.5 Å². The lowest BCUT2D eigenvalue weighted by atomic mass is 10.0. The number of imidazole rings is 1. The first-order valence-electron chi connectivity index (χ1n) is 11.8. The highest BCUT2D eigenvalue weighted by Gasteiger charge is 2.39. The monoisotopic (exact) mass is 512 g/mol. The molecule has 6 nitrogen and oxygen atoms in total. The molecule has 1 fully saturated rings. The van der Waals surface area contributed by atoms with E-state index < -0.39 is 24.8 Å². The lowest BCUT2D eigenvalue weighted by molar-refractivity contribution is -0.131. The van der Waals surface area contributed by atoms with Crippen molar-refractivity contribution in [2.75, 3.05) is 11.9 Å². The van der Waals surface area contributed by atoms with Crippen LogP contribution in [0, 0.1) is 6.92 Å². The number of aromatic nitrogens is 2. The summed E-state index contributed by atoms with van der Waals surface area (Å²) in [6.07, 6.45) is -2.64. The second kappa shape index (κ2) is 9.42. The number of halogens is 4. The van der Waals surface area contributed by atoms with Crippen LogP contribution in [-0.2, 0) is 0 Å². The zero-order valence-electron chi connectivity index (χ0n) is 19.8. The third-order valence-corrected chi connectivity index (χ3v) is 6.34. The molecule has 1 unspecified atom stereocenters. The number of nitrogens with zero attached hydrogens (tertiary/aromatic N) is 2. The summed E-state index contributed by atoms with van der Waals surface area (Å²) in [6.45, 7) is 1.44. The number of carbonyl (C=O) groups excluding carboxylic acids is 1. The van der Waals surface area contributed by atoms with Gasteiger partial charge in [-0.3, -0.25) is 9.20 Å². The van der Waals surface area contributed by atoms with E-state index in [1.165, 1.54) is 6.07 Å². The van der Waals surface area contributed by atoms with Crippen molar-refractivity contribution in [2.45, 2.75) is 38.2 Å². The summed E-state index contributed by atoms with van der Waals surface area (Å²) in [4.78, 5) is 17.0. The van der Waals surface area contributed by atoms with E-state index in [1.54, 1.807) is 60.1 Å². The molecule has 1 amide bonds. The first kappa shape index (κ1) is 24.6. The van der Waals surface area contributed by atoms with Crippen LogP contribution in [-0.4, -0.2) is 45.3 Å². The van der Waals surface area contributed by atoms with Crippen LogP contribution in [0.25, 0.3) is 28.0 Å². The fraction of sp³-hybridized carbons (Fsp3) is 0.259. The van der Waals surface area contributed by atoms with E-state index in [4.69, 9.17) is 0 Å². The van der Waals surface area contributed by atoms with E-state index in [1.807, 2.05) is 6.07 Å². The number of carbonyl (C=O) groups is 1. The number of alkyl halides is 4. The maximum absolute atomic E-state index is 13.2. The van der Waals surface area contributed by atoms with E-state index in [2.05, 4.69) is 15.6 Å². The van der Waals surface area contributed by atoms with E-state index in [0.717, 1.165) is 5.56 Å². The number of nitrogens with one attached hydrogen (secondary N) is 2. The second-order valence-corrected chi connectivity index (χ2v) is 9.15. The van der Waals surface area contributed by atoms with Crippen LogP contribution in [0.15, 0.2) is 60.9 Å². The zero-order chi connectivity index (χ0) is 26.3. The van der Waals surface area contributed by atoms with Crippen molar-refractivity contribution in [1.82, 2.24) is 14.7 Å². The fourth-order valence-corrected chi connectivity index (χ4v) is 4.27. The topological polar surface area (TPSA) is 78.7 Å². The number of hydrogen-bond donors (Lipinski definition) is 3. The SMILES string of the molecule is Cc1cc(-c2cnc3c(NCCC(F)(F)F)cc(-c4ccccc4O)cn23)ccc1C(=O)NC1C[C@@H]1F. The highest BCUT2D eigenvalue weighted by atomic mass is 19.4. The van der Waals surface area contributed by atoms with Gasteiger partial charge >= 0.3 is 6.18 Å². The Morgan fingerprint density at radius 2 is 1.92 bits per heavy atom. The summed E-state index contributed by atoms with van der Waals surface area (Å²) >= 11 is 0. The van der Waals surface area contributed by atoms with Crippen molar-refractivity contribution in [3.8, 4) is 28.1 Å². The van der Waals surface area contributed by atoms with Crippen LogP contribution in [0.1, 0.15) is 28.8 Å². The third kappa shape index (κ3) is 5.23. The summed E-state index contributed by atoms with van der Waals surface area (Å²) in [7, 11) is 0. The van der Waals surface area contributed by atoms with E-state index >= 15 is 0 Å². The molecular formula is C27H24F4N4O2. The second-order valence-electron chi connectivity index (χ2n) is 9.15. The number of aryl methyl sites for hydroxylation is 1. The molecule has 0 radical (unpaired) electrons. The molecule has 37 heavy (non-hydrogen) atoms. The number of phenols is 1. The molecule has 0 saturated heterocycles. The molecule has 10 heteroatoms. The Bertz CT molecular complexity index is 1480. The van der Waals surface area contributed by atoms with Crippen molar-refractivity contribution in [3.63, 3.8) is 0 Å². The molecule has 5 rings (SSSR count). The van der Waals surface area contributed by atoms with Gasteiger partial charge in [0.2, 0.25) is 0 Å². The van der Waals surface area contributed by atoms with Crippen molar-refractivity contribution in [2.24, 2.45) is 0 Å². The zero-order valence-corrected chi connectivity index (χ0v) is 19.8. The van der Waals surface area contributed by atoms with E-state index in [-0.39, 0.29) is 18.2 Å². The Labute approximate surface area is 210 Å². The molecule has 0 bridgehead atoms. The third-order valence-electron chi connectivity index (χ3n) is 6.34. The first-order chi connectivity index (χ1) is 17.6. The van der Waals surface area contributed by atoms with Crippen LogP contribution in [0.4, 0.5) is 23.2 Å². The van der Waals surface area contributed by atoms with Crippen LogP contribution in [0.2, 0.25) is 0 Å². The summed E-state index contributed by atoms with van der Waals surface area (Å²) in [5, 5.41) is 15.9. The molecule has 2 aromatic heterocycles. The normalized spacial score (nSPS) is 17.1. The number of aromatic hydroxyl groups is 1. The Balaban J connectivity index is 1.54. The van der Waals surface area contributed by atoms with Crippen LogP contribution >= 0.6 is 0 Å². The molecule has 0 spiro atoms. The summed E-state index contributed by atoms with van der Waals surface area (Å²) < 4.78 is 53.3. The van der Waals surface area contributed by atoms with Crippen LogP contribution in [0.5, 0.6) is 5.75 Å². The standard InChI is InChI=1S/C27H24F4N4O2/c1-15-10-16(6-7-18(15)26(37)34-21-12-20(21)28)23-13-33-25-22(32-9-8-27(29,30)31)11-17(14-35(23)25)19-4-2-3-5-24(19)36/h2-7,10-11,13-14,20-21,32,36H,8-9,12H2,1H3,(H,34,37)/t20-,21?/m0/s1. The number of benzene rings is 2. The summed E-state index contributed by atoms with van der Waals surface area (Å²) in [5.41, 5.74) is 4.38. The molecule has 1 saturated carbocycles. The van der Waals surface area contributed by atoms with Gasteiger partial charge in [0.1, 0.15) is 11.9 Å². The Morgan fingerprint density at radius 3 is 2.59 bits per heavy atom. The Kier molecular flexibility index (Phi) is 6.26. The van der Waals surface area contributed by atoms with Crippen molar-refractivity contribution >= 4 is 17.2 Å². The van der Waals surface area contributed by atoms with Crippen LogP contribution < -0.4 is 10.6 Å². The first-order valence-corrected chi connectivity index (χ1v) is 11.8. The molecule has 2 heterocycles. The minimum Gasteiger partial charge on any atom is -0.507 e. The maximum Gasteiger partial charge on any atom is 0.390 e. The molecule has 0 aliphatic heterocycles. The fourth-order valence-electron chi connectivity index (χ4n) is 4.27. The van der Waals surface area contributed by atoms with Gasteiger partial charge in [-0.25, -0.2) is 9.37 Å². The van der Waals surface area contributed by atoms with Gasteiger partial charge in [-0.1, -0.05) is 24.3 Å². The molecular weight excluding hydrogens is 488 g/mol. The summed E-state index contributed by atoms with van der Waals surface area (Å²) in [6, 6.07) is 13.1. The van der Waals surface area contributed by atoms with Gasteiger partial charge < -0.3 is 15.7 Å². The number of para-hydroxylation sites is 1. The molecule has 1 aliphatic rings. The molecule has 3 N–H and O–H groups in total. The molecule has 4 aromatic rings.